The van der Waals surface area contributed by atoms with Gasteiger partial charge in [0, 0.05) is 29.9 Å². The van der Waals surface area contributed by atoms with Crippen molar-refractivity contribution >= 4 is 33.2 Å². The minimum Gasteiger partial charge on any atom is -0.506 e. The molecule has 1 heterocycles. The van der Waals surface area contributed by atoms with Crippen molar-refractivity contribution in [3.63, 3.8) is 0 Å². The molecule has 0 aromatic heterocycles. The van der Waals surface area contributed by atoms with Crippen molar-refractivity contribution in [2.24, 2.45) is 0 Å². The lowest BCUT2D eigenvalue weighted by atomic mass is 9.83. The Labute approximate surface area is 223 Å². The number of nitrogens with zero attached hydrogens (tertiary/aromatic N) is 1. The maximum atomic E-state index is 13.4. The minimum absolute atomic E-state index is 0.00975. The number of carbonyl (C=O) groups excluding carboxylic acids is 2. The molecule has 1 aliphatic rings. The van der Waals surface area contributed by atoms with E-state index in [-0.39, 0.29) is 28.7 Å². The molecule has 3 aromatic rings. The molecule has 8 nitrogen and oxygen atoms in total. The first-order chi connectivity index (χ1) is 17.8. The predicted octanol–water partition coefficient (Wildman–Crippen LogP) is 4.68. The molecule has 0 bridgehead atoms. The van der Waals surface area contributed by atoms with E-state index in [1.807, 2.05) is 37.3 Å². The van der Waals surface area contributed by atoms with E-state index >= 15 is 0 Å². The number of aromatic hydroxyl groups is 1. The maximum absolute atomic E-state index is 13.4. The van der Waals surface area contributed by atoms with E-state index in [2.05, 4.69) is 30.8 Å². The summed E-state index contributed by atoms with van der Waals surface area (Å²) in [6, 6.07) is 15.9. The lowest BCUT2D eigenvalue weighted by Gasteiger charge is -2.29. The Bertz CT molecular complexity index is 1520. The van der Waals surface area contributed by atoms with E-state index in [0.29, 0.717) is 36.3 Å². The number of phenols is 1. The predicted molar refractivity (Wildman–Crippen MR) is 151 cm³/mol. The molecule has 4 rings (SSSR count). The molecule has 0 spiro atoms. The zero-order chi connectivity index (χ0) is 27.8. The molecule has 3 N–H and O–H groups in total. The van der Waals surface area contributed by atoms with Gasteiger partial charge in [-0.3, -0.25) is 14.3 Å². The van der Waals surface area contributed by atoms with Crippen molar-refractivity contribution in [2.75, 3.05) is 29.0 Å². The number of sulfonamides is 1. The van der Waals surface area contributed by atoms with Crippen LogP contribution in [0.25, 0.3) is 11.1 Å². The fourth-order valence-electron chi connectivity index (χ4n) is 4.58. The Hall–Kier alpha value is -3.85. The number of phenolic OH excluding ortho intramolecular Hbond substituents is 1. The van der Waals surface area contributed by atoms with Crippen LogP contribution in [-0.4, -0.2) is 44.7 Å². The van der Waals surface area contributed by atoms with Gasteiger partial charge in [-0.05, 0) is 71.3 Å². The summed E-state index contributed by atoms with van der Waals surface area (Å²) in [4.78, 5) is 27.9. The monoisotopic (exact) mass is 535 g/mol. The highest BCUT2D eigenvalue weighted by Gasteiger charge is 2.27. The number of rotatable bonds is 6. The quantitative estimate of drug-likeness (QED) is 0.397. The molecule has 0 aliphatic carbocycles. The highest BCUT2D eigenvalue weighted by atomic mass is 32.2. The highest BCUT2D eigenvalue weighted by Crippen LogP contribution is 2.35. The van der Waals surface area contributed by atoms with Gasteiger partial charge in [0.05, 0.1) is 11.9 Å². The Balaban J connectivity index is 1.69. The molecule has 1 aliphatic heterocycles. The zero-order valence-electron chi connectivity index (χ0n) is 22.3. The second-order valence-corrected chi connectivity index (χ2v) is 12.3. The van der Waals surface area contributed by atoms with Crippen molar-refractivity contribution in [1.82, 2.24) is 5.32 Å². The van der Waals surface area contributed by atoms with Gasteiger partial charge >= 0.3 is 0 Å². The van der Waals surface area contributed by atoms with Gasteiger partial charge in [-0.15, -0.1) is 0 Å². The summed E-state index contributed by atoms with van der Waals surface area (Å²) in [7, 11) is -3.61. The molecule has 0 saturated carbocycles. The van der Waals surface area contributed by atoms with E-state index in [4.69, 9.17) is 0 Å². The van der Waals surface area contributed by atoms with E-state index < -0.39 is 10.0 Å². The number of benzene rings is 3. The first-order valence-electron chi connectivity index (χ1n) is 12.5. The lowest BCUT2D eigenvalue weighted by molar-refractivity contribution is 0.0953. The SMILES string of the molecule is CCNC(=O)c1cc(C(C)(C)C)ccc1-c1ccc2c(c1)CCN(c1ccc(O)c(NS(C)(=O)=O)c1)C2=O. The first kappa shape index (κ1) is 27.2. The van der Waals surface area contributed by atoms with Crippen LogP contribution in [0.3, 0.4) is 0 Å². The van der Waals surface area contributed by atoms with Gasteiger partial charge in [0.2, 0.25) is 10.0 Å². The summed E-state index contributed by atoms with van der Waals surface area (Å²) in [5.74, 6) is -0.589. The van der Waals surface area contributed by atoms with E-state index in [1.54, 1.807) is 17.0 Å². The average molecular weight is 536 g/mol. The van der Waals surface area contributed by atoms with Crippen molar-refractivity contribution in [3.8, 4) is 16.9 Å². The zero-order valence-corrected chi connectivity index (χ0v) is 23.1. The van der Waals surface area contributed by atoms with Gasteiger partial charge in [-0.2, -0.15) is 0 Å². The van der Waals surface area contributed by atoms with E-state index in [0.717, 1.165) is 28.5 Å². The number of carbonyl (C=O) groups is 2. The number of anilines is 2. The summed E-state index contributed by atoms with van der Waals surface area (Å²) in [6.07, 6.45) is 1.56. The second kappa shape index (κ2) is 10.1. The molecule has 0 saturated heterocycles. The minimum atomic E-state index is -3.61. The molecular formula is C29H33N3O5S. The van der Waals surface area contributed by atoms with Crippen LogP contribution < -0.4 is 14.9 Å². The Morgan fingerprint density at radius 1 is 1.03 bits per heavy atom. The van der Waals surface area contributed by atoms with Crippen LogP contribution in [0.2, 0.25) is 0 Å². The number of hydrogen-bond acceptors (Lipinski definition) is 5. The van der Waals surface area contributed by atoms with Crippen LogP contribution in [0.5, 0.6) is 5.75 Å². The van der Waals surface area contributed by atoms with Gasteiger partial charge in [-0.25, -0.2) is 8.42 Å². The fourth-order valence-corrected chi connectivity index (χ4v) is 5.14. The third-order valence-electron chi connectivity index (χ3n) is 6.55. The van der Waals surface area contributed by atoms with E-state index in [1.165, 1.54) is 12.1 Å². The lowest BCUT2D eigenvalue weighted by Crippen LogP contribution is -2.37. The molecule has 200 valence electrons. The van der Waals surface area contributed by atoms with Crippen LogP contribution >= 0.6 is 0 Å². The molecule has 9 heteroatoms. The van der Waals surface area contributed by atoms with E-state index in [9.17, 15) is 23.1 Å². The number of nitrogens with one attached hydrogen (secondary N) is 2. The van der Waals surface area contributed by atoms with Crippen LogP contribution in [0.1, 0.15) is 59.5 Å². The molecule has 3 aromatic carbocycles. The Morgan fingerprint density at radius 3 is 2.39 bits per heavy atom. The van der Waals surface area contributed by atoms with Crippen LogP contribution in [-0.2, 0) is 21.9 Å². The summed E-state index contributed by atoms with van der Waals surface area (Å²) in [6.45, 7) is 9.10. The third kappa shape index (κ3) is 5.67. The molecule has 0 unspecified atom stereocenters. The first-order valence-corrected chi connectivity index (χ1v) is 14.4. The smallest absolute Gasteiger partial charge is 0.258 e. The Kier molecular flexibility index (Phi) is 7.25. The maximum Gasteiger partial charge on any atom is 0.258 e. The topological polar surface area (TPSA) is 116 Å². The molecule has 2 amide bonds. The standard InChI is InChI=1S/C29H33N3O5S/c1-6-30-27(34)24-16-20(29(2,3)4)8-11-22(24)18-7-10-23-19(15-18)13-14-32(28(23)35)21-9-12-26(33)25(17-21)31-38(5,36)37/h7-12,15-17,31,33H,6,13-14H2,1-5H3,(H,30,34). The van der Waals surface area contributed by atoms with Gasteiger partial charge < -0.3 is 15.3 Å². The summed E-state index contributed by atoms with van der Waals surface area (Å²) >= 11 is 0. The summed E-state index contributed by atoms with van der Waals surface area (Å²) in [5, 5.41) is 13.0. The van der Waals surface area contributed by atoms with Crippen molar-refractivity contribution < 1.29 is 23.1 Å². The summed E-state index contributed by atoms with van der Waals surface area (Å²) in [5.41, 5.74) is 5.10. The molecule has 0 radical (unpaired) electrons. The van der Waals surface area contributed by atoms with Gasteiger partial charge in [-0.1, -0.05) is 45.0 Å². The Morgan fingerprint density at radius 2 is 1.74 bits per heavy atom. The van der Waals surface area contributed by atoms with Crippen molar-refractivity contribution in [1.29, 1.82) is 0 Å². The highest BCUT2D eigenvalue weighted by molar-refractivity contribution is 7.92. The summed E-state index contributed by atoms with van der Waals surface area (Å²) < 4.78 is 25.6. The molecule has 38 heavy (non-hydrogen) atoms. The average Bonchev–Trinajstić information content (AvgIpc) is 2.84. The van der Waals surface area contributed by atoms with Gasteiger partial charge in [0.1, 0.15) is 5.75 Å². The van der Waals surface area contributed by atoms with Crippen LogP contribution in [0.15, 0.2) is 54.6 Å². The number of hydrogen-bond donors (Lipinski definition) is 3. The molecule has 0 atom stereocenters. The third-order valence-corrected chi connectivity index (χ3v) is 7.14. The number of amides is 2. The van der Waals surface area contributed by atoms with Crippen molar-refractivity contribution in [3.05, 3.63) is 76.9 Å². The fraction of sp³-hybridized carbons (Fsp3) is 0.310. The van der Waals surface area contributed by atoms with Crippen LogP contribution in [0.4, 0.5) is 11.4 Å². The van der Waals surface area contributed by atoms with Crippen LogP contribution in [0, 0.1) is 0 Å². The van der Waals surface area contributed by atoms with Crippen molar-refractivity contribution in [2.45, 2.75) is 39.5 Å². The largest absolute Gasteiger partial charge is 0.506 e. The van der Waals surface area contributed by atoms with Gasteiger partial charge in [0.15, 0.2) is 0 Å². The number of fused-ring (bicyclic) bond motifs is 1. The normalized spacial score (nSPS) is 13.7. The van der Waals surface area contributed by atoms with Gasteiger partial charge in [0.25, 0.3) is 11.8 Å². The molecular weight excluding hydrogens is 502 g/mol. The molecule has 0 fully saturated rings. The second-order valence-electron chi connectivity index (χ2n) is 10.5.